The summed E-state index contributed by atoms with van der Waals surface area (Å²) in [5.41, 5.74) is 3.24. The third kappa shape index (κ3) is 2.83. The van der Waals surface area contributed by atoms with Crippen LogP contribution in [0.5, 0.6) is 0 Å². The number of nitrogens with zero attached hydrogens (tertiary/aromatic N) is 3. The number of rotatable bonds is 3. The summed E-state index contributed by atoms with van der Waals surface area (Å²) in [5.74, 6) is 0. The summed E-state index contributed by atoms with van der Waals surface area (Å²) in [7, 11) is 0. The van der Waals surface area contributed by atoms with Gasteiger partial charge in [0, 0.05) is 31.9 Å². The van der Waals surface area contributed by atoms with Gasteiger partial charge in [0.25, 0.3) is 0 Å². The zero-order valence-corrected chi connectivity index (χ0v) is 11.3. The van der Waals surface area contributed by atoms with Crippen molar-refractivity contribution in [2.75, 3.05) is 37.6 Å². The van der Waals surface area contributed by atoms with Crippen LogP contribution in [0.15, 0.2) is 18.2 Å². The second-order valence-corrected chi connectivity index (χ2v) is 4.94. The summed E-state index contributed by atoms with van der Waals surface area (Å²) in [6, 6.07) is 8.18. The van der Waals surface area contributed by atoms with E-state index in [1.54, 1.807) is 0 Å². The maximum atomic E-state index is 8.89. The van der Waals surface area contributed by atoms with Gasteiger partial charge in [-0.05, 0) is 43.7 Å². The molecule has 1 aliphatic heterocycles. The summed E-state index contributed by atoms with van der Waals surface area (Å²) >= 11 is 0. The molecule has 0 amide bonds. The smallest absolute Gasteiger partial charge is 0.0991 e. The average Bonchev–Trinajstić information content (AvgIpc) is 2.40. The van der Waals surface area contributed by atoms with Gasteiger partial charge in [-0.1, -0.05) is 6.92 Å². The van der Waals surface area contributed by atoms with E-state index in [9.17, 15) is 0 Å². The van der Waals surface area contributed by atoms with Crippen LogP contribution in [0.2, 0.25) is 0 Å². The number of piperazine rings is 1. The molecule has 18 heavy (non-hydrogen) atoms. The molecule has 96 valence electrons. The maximum Gasteiger partial charge on any atom is 0.0991 e. The highest BCUT2D eigenvalue weighted by Gasteiger charge is 2.17. The first-order valence-corrected chi connectivity index (χ1v) is 6.72. The normalized spacial score (nSPS) is 16.6. The highest BCUT2D eigenvalue weighted by molar-refractivity contribution is 5.56. The summed E-state index contributed by atoms with van der Waals surface area (Å²) < 4.78 is 0. The minimum atomic E-state index is 0.751. The highest BCUT2D eigenvalue weighted by Crippen LogP contribution is 2.22. The molecule has 1 heterocycles. The Hall–Kier alpha value is -1.53. The highest BCUT2D eigenvalue weighted by atomic mass is 15.3. The van der Waals surface area contributed by atoms with Crippen LogP contribution in [0.25, 0.3) is 0 Å². The maximum absolute atomic E-state index is 8.89. The predicted octanol–water partition coefficient (Wildman–Crippen LogP) is 2.40. The summed E-state index contributed by atoms with van der Waals surface area (Å²) in [5, 5.41) is 8.89. The molecule has 1 aromatic carbocycles. The molecule has 0 atom stereocenters. The number of nitriles is 1. The van der Waals surface area contributed by atoms with Gasteiger partial charge < -0.3 is 4.90 Å². The fourth-order valence-corrected chi connectivity index (χ4v) is 2.61. The first-order valence-electron chi connectivity index (χ1n) is 6.72. The molecular weight excluding hydrogens is 222 g/mol. The summed E-state index contributed by atoms with van der Waals surface area (Å²) in [6.07, 6.45) is 1.23. The fraction of sp³-hybridized carbons (Fsp3) is 0.533. The van der Waals surface area contributed by atoms with Gasteiger partial charge in [0.2, 0.25) is 0 Å². The quantitative estimate of drug-likeness (QED) is 0.816. The standard InChI is InChI=1S/C15H21N3/c1-3-6-17-7-9-18(10-8-17)15-5-4-14(12-16)11-13(15)2/h4-5,11H,3,6-10H2,1-2H3. The molecule has 3 nitrogen and oxygen atoms in total. The van der Waals surface area contributed by atoms with Crippen LogP contribution in [-0.2, 0) is 0 Å². The van der Waals surface area contributed by atoms with E-state index in [1.807, 2.05) is 12.1 Å². The first kappa shape index (κ1) is 12.9. The number of hydrogen-bond acceptors (Lipinski definition) is 3. The van der Waals surface area contributed by atoms with Crippen molar-refractivity contribution < 1.29 is 0 Å². The molecule has 0 radical (unpaired) electrons. The van der Waals surface area contributed by atoms with Crippen LogP contribution in [-0.4, -0.2) is 37.6 Å². The Kier molecular flexibility index (Phi) is 4.22. The lowest BCUT2D eigenvalue weighted by Gasteiger charge is -2.36. The van der Waals surface area contributed by atoms with E-state index < -0.39 is 0 Å². The minimum absolute atomic E-state index is 0.751. The topological polar surface area (TPSA) is 30.3 Å². The second-order valence-electron chi connectivity index (χ2n) is 4.94. The third-order valence-corrected chi connectivity index (χ3v) is 3.58. The monoisotopic (exact) mass is 243 g/mol. The lowest BCUT2D eigenvalue weighted by Crippen LogP contribution is -2.46. The van der Waals surface area contributed by atoms with Crippen LogP contribution in [0.4, 0.5) is 5.69 Å². The summed E-state index contributed by atoms with van der Waals surface area (Å²) in [4.78, 5) is 4.96. The van der Waals surface area contributed by atoms with Gasteiger partial charge in [0.15, 0.2) is 0 Å². The number of anilines is 1. The molecule has 0 N–H and O–H groups in total. The molecule has 0 unspecified atom stereocenters. The molecule has 1 aromatic rings. The van der Waals surface area contributed by atoms with Crippen molar-refractivity contribution in [2.45, 2.75) is 20.3 Å². The lowest BCUT2D eigenvalue weighted by atomic mass is 10.1. The number of aryl methyl sites for hydroxylation is 1. The van der Waals surface area contributed by atoms with Crippen molar-refractivity contribution in [3.05, 3.63) is 29.3 Å². The third-order valence-electron chi connectivity index (χ3n) is 3.58. The lowest BCUT2D eigenvalue weighted by molar-refractivity contribution is 0.258. The Balaban J connectivity index is 2.04. The Morgan fingerprint density at radius 3 is 2.50 bits per heavy atom. The van der Waals surface area contributed by atoms with E-state index >= 15 is 0 Å². The second kappa shape index (κ2) is 5.88. The number of hydrogen-bond donors (Lipinski definition) is 0. The van der Waals surface area contributed by atoms with Crippen LogP contribution in [0.1, 0.15) is 24.5 Å². The van der Waals surface area contributed by atoms with Gasteiger partial charge in [-0.2, -0.15) is 5.26 Å². The van der Waals surface area contributed by atoms with Crippen molar-refractivity contribution in [3.8, 4) is 6.07 Å². The largest absolute Gasteiger partial charge is 0.369 e. The van der Waals surface area contributed by atoms with Crippen molar-refractivity contribution in [1.82, 2.24) is 4.90 Å². The van der Waals surface area contributed by atoms with Gasteiger partial charge >= 0.3 is 0 Å². The Bertz CT molecular complexity index is 440. The van der Waals surface area contributed by atoms with E-state index in [4.69, 9.17) is 5.26 Å². The van der Waals surface area contributed by atoms with Crippen molar-refractivity contribution in [2.24, 2.45) is 0 Å². The van der Waals surface area contributed by atoms with E-state index in [1.165, 1.54) is 24.2 Å². The predicted molar refractivity (Wildman–Crippen MR) is 74.8 cm³/mol. The molecule has 1 saturated heterocycles. The molecule has 3 heteroatoms. The van der Waals surface area contributed by atoms with Crippen LogP contribution in [0.3, 0.4) is 0 Å². The van der Waals surface area contributed by atoms with E-state index in [0.29, 0.717) is 0 Å². The molecule has 1 aliphatic rings. The molecular formula is C15H21N3. The van der Waals surface area contributed by atoms with Crippen molar-refractivity contribution in [3.63, 3.8) is 0 Å². The Labute approximate surface area is 110 Å². The molecule has 0 saturated carbocycles. The molecule has 1 fully saturated rings. The summed E-state index contributed by atoms with van der Waals surface area (Å²) in [6.45, 7) is 10.0. The molecule has 2 rings (SSSR count). The average molecular weight is 243 g/mol. The van der Waals surface area contributed by atoms with Gasteiger partial charge in [0.05, 0.1) is 11.6 Å². The van der Waals surface area contributed by atoms with E-state index in [0.717, 1.165) is 31.7 Å². The molecule has 0 aliphatic carbocycles. The van der Waals surface area contributed by atoms with Crippen LogP contribution < -0.4 is 4.90 Å². The van der Waals surface area contributed by atoms with Gasteiger partial charge in [-0.15, -0.1) is 0 Å². The molecule has 0 bridgehead atoms. The van der Waals surface area contributed by atoms with Gasteiger partial charge in [0.1, 0.15) is 0 Å². The Morgan fingerprint density at radius 2 is 1.94 bits per heavy atom. The number of benzene rings is 1. The zero-order chi connectivity index (χ0) is 13.0. The zero-order valence-electron chi connectivity index (χ0n) is 11.3. The van der Waals surface area contributed by atoms with Crippen LogP contribution >= 0.6 is 0 Å². The van der Waals surface area contributed by atoms with E-state index in [2.05, 4.69) is 35.8 Å². The van der Waals surface area contributed by atoms with Crippen molar-refractivity contribution in [1.29, 1.82) is 5.26 Å². The first-order chi connectivity index (χ1) is 8.74. The van der Waals surface area contributed by atoms with E-state index in [-0.39, 0.29) is 0 Å². The SMILES string of the molecule is CCCN1CCN(c2ccc(C#N)cc2C)CC1. The Morgan fingerprint density at radius 1 is 1.22 bits per heavy atom. The fourth-order valence-electron chi connectivity index (χ4n) is 2.61. The molecule has 0 spiro atoms. The van der Waals surface area contributed by atoms with Crippen molar-refractivity contribution >= 4 is 5.69 Å². The van der Waals surface area contributed by atoms with Crippen LogP contribution in [0, 0.1) is 18.3 Å². The molecule has 0 aromatic heterocycles. The van der Waals surface area contributed by atoms with Gasteiger partial charge in [-0.25, -0.2) is 0 Å². The van der Waals surface area contributed by atoms with Gasteiger partial charge in [-0.3, -0.25) is 4.90 Å². The minimum Gasteiger partial charge on any atom is -0.369 e.